The van der Waals surface area contributed by atoms with Crippen molar-refractivity contribution in [3.05, 3.63) is 35.1 Å². The molecule has 1 N–H and O–H groups in total. The van der Waals surface area contributed by atoms with E-state index in [0.717, 1.165) is 23.9 Å². The van der Waals surface area contributed by atoms with Crippen molar-refractivity contribution in [2.24, 2.45) is 11.8 Å². The Kier molecular flexibility index (Phi) is 5.55. The summed E-state index contributed by atoms with van der Waals surface area (Å²) in [4.78, 5) is 0. The fraction of sp³-hybridized carbons (Fsp3) is 0.588. The van der Waals surface area contributed by atoms with Crippen LogP contribution in [0.2, 0.25) is 0 Å². The Morgan fingerprint density at radius 2 is 1.90 bits per heavy atom. The molecule has 0 spiro atoms. The Bertz CT molecular complexity index is 470. The Hall–Kier alpha value is -1.40. The third-order valence-corrected chi connectivity index (χ3v) is 4.39. The zero-order chi connectivity index (χ0) is 14.4. The molecule has 1 fully saturated rings. The van der Waals surface area contributed by atoms with Gasteiger partial charge in [0.15, 0.2) is 0 Å². The summed E-state index contributed by atoms with van der Waals surface area (Å²) in [5, 5.41) is 12.2. The quantitative estimate of drug-likeness (QED) is 0.880. The van der Waals surface area contributed by atoms with E-state index in [0.29, 0.717) is 12.1 Å². The first-order chi connectivity index (χ1) is 9.71. The van der Waals surface area contributed by atoms with Crippen LogP contribution < -0.4 is 5.32 Å². The van der Waals surface area contributed by atoms with Gasteiger partial charge in [-0.15, -0.1) is 0 Å². The second-order valence-corrected chi connectivity index (χ2v) is 5.89. The minimum absolute atomic E-state index is 0.329. The molecule has 1 aliphatic carbocycles. The second kappa shape index (κ2) is 7.40. The summed E-state index contributed by atoms with van der Waals surface area (Å²) in [5.74, 6) is 1.35. The molecule has 3 heteroatoms. The van der Waals surface area contributed by atoms with Crippen LogP contribution in [0.25, 0.3) is 0 Å². The molecule has 108 valence electrons. The van der Waals surface area contributed by atoms with Crippen LogP contribution in [0.5, 0.6) is 0 Å². The fourth-order valence-corrected chi connectivity index (χ4v) is 3.08. The van der Waals surface area contributed by atoms with Crippen molar-refractivity contribution in [3.63, 3.8) is 0 Å². The molecule has 0 saturated heterocycles. The Morgan fingerprint density at radius 1 is 1.20 bits per heavy atom. The highest BCUT2D eigenvalue weighted by Crippen LogP contribution is 2.30. The maximum Gasteiger partial charge on any atom is 0.124 e. The van der Waals surface area contributed by atoms with Crippen LogP contribution in [0, 0.1) is 29.0 Å². The topological polar surface area (TPSA) is 35.8 Å². The lowest BCUT2D eigenvalue weighted by atomic mass is 9.81. The first kappa shape index (κ1) is 15.0. The van der Waals surface area contributed by atoms with Gasteiger partial charge in [-0.25, -0.2) is 4.39 Å². The monoisotopic (exact) mass is 274 g/mol. The summed E-state index contributed by atoms with van der Waals surface area (Å²) in [7, 11) is 0. The summed E-state index contributed by atoms with van der Waals surface area (Å²) in [6, 6.07) is 6.52. The molecule has 0 radical (unpaired) electrons. The predicted octanol–water partition coefficient (Wildman–Crippen LogP) is 4.00. The van der Waals surface area contributed by atoms with Crippen LogP contribution in [-0.2, 0) is 6.54 Å². The number of hydrogen-bond donors (Lipinski definition) is 1. The van der Waals surface area contributed by atoms with Gasteiger partial charge in [0.2, 0.25) is 0 Å². The van der Waals surface area contributed by atoms with Gasteiger partial charge < -0.3 is 5.32 Å². The number of nitrogens with zero attached hydrogens (tertiary/aromatic N) is 1. The van der Waals surface area contributed by atoms with Gasteiger partial charge in [0, 0.05) is 6.54 Å². The van der Waals surface area contributed by atoms with E-state index in [9.17, 15) is 4.39 Å². The van der Waals surface area contributed by atoms with E-state index in [1.54, 1.807) is 6.07 Å². The molecule has 20 heavy (non-hydrogen) atoms. The van der Waals surface area contributed by atoms with Crippen LogP contribution >= 0.6 is 0 Å². The van der Waals surface area contributed by atoms with E-state index >= 15 is 0 Å². The molecule has 0 atom stereocenters. The maximum atomic E-state index is 13.3. The number of hydrogen-bond acceptors (Lipinski definition) is 2. The van der Waals surface area contributed by atoms with Gasteiger partial charge in [0.1, 0.15) is 5.82 Å². The molecule has 0 aromatic heterocycles. The second-order valence-electron chi connectivity index (χ2n) is 5.89. The van der Waals surface area contributed by atoms with E-state index in [-0.39, 0.29) is 5.82 Å². The average Bonchev–Trinajstić information content (AvgIpc) is 2.47. The lowest BCUT2D eigenvalue weighted by Crippen LogP contribution is -2.26. The van der Waals surface area contributed by atoms with Gasteiger partial charge in [-0.05, 0) is 55.0 Å². The highest BCUT2D eigenvalue weighted by Gasteiger charge is 2.19. The molecular weight excluding hydrogens is 251 g/mol. The summed E-state index contributed by atoms with van der Waals surface area (Å²) in [6.07, 6.45) is 6.61. The zero-order valence-corrected chi connectivity index (χ0v) is 12.2. The highest BCUT2D eigenvalue weighted by atomic mass is 19.1. The van der Waals surface area contributed by atoms with Crippen LogP contribution in [0.3, 0.4) is 0 Å². The number of nitrogens with one attached hydrogen (secondary N) is 1. The Balaban J connectivity index is 1.76. The van der Waals surface area contributed by atoms with Crippen molar-refractivity contribution in [1.82, 2.24) is 5.32 Å². The van der Waals surface area contributed by atoms with Crippen molar-refractivity contribution in [3.8, 4) is 6.07 Å². The largest absolute Gasteiger partial charge is 0.312 e. The fourth-order valence-electron chi connectivity index (χ4n) is 3.08. The molecule has 0 heterocycles. The first-order valence-electron chi connectivity index (χ1n) is 7.61. The van der Waals surface area contributed by atoms with Gasteiger partial charge >= 0.3 is 0 Å². The van der Waals surface area contributed by atoms with Crippen molar-refractivity contribution in [1.29, 1.82) is 5.26 Å². The van der Waals surface area contributed by atoms with Crippen molar-refractivity contribution in [2.45, 2.75) is 45.6 Å². The van der Waals surface area contributed by atoms with Crippen LogP contribution in [-0.4, -0.2) is 6.54 Å². The minimum Gasteiger partial charge on any atom is -0.312 e. The van der Waals surface area contributed by atoms with E-state index in [1.807, 2.05) is 6.07 Å². The van der Waals surface area contributed by atoms with Gasteiger partial charge in [0.25, 0.3) is 0 Å². The van der Waals surface area contributed by atoms with Gasteiger partial charge in [-0.1, -0.05) is 26.2 Å². The molecule has 0 aliphatic heterocycles. The van der Waals surface area contributed by atoms with Crippen molar-refractivity contribution in [2.75, 3.05) is 6.54 Å². The molecule has 0 amide bonds. The molecule has 1 aromatic carbocycles. The molecule has 0 unspecified atom stereocenters. The van der Waals surface area contributed by atoms with Crippen LogP contribution in [0.1, 0.15) is 50.2 Å². The summed E-state index contributed by atoms with van der Waals surface area (Å²) >= 11 is 0. The predicted molar refractivity (Wildman–Crippen MR) is 78.6 cm³/mol. The smallest absolute Gasteiger partial charge is 0.124 e. The van der Waals surface area contributed by atoms with E-state index < -0.39 is 0 Å². The average molecular weight is 274 g/mol. The SMILES string of the molecule is CCC1CCC(CNCc2cc(F)cc(C#N)c2)CC1. The van der Waals surface area contributed by atoms with Gasteiger partial charge in [-0.2, -0.15) is 5.26 Å². The van der Waals surface area contributed by atoms with Crippen LogP contribution in [0.4, 0.5) is 4.39 Å². The van der Waals surface area contributed by atoms with Crippen molar-refractivity contribution < 1.29 is 4.39 Å². The minimum atomic E-state index is -0.329. The van der Waals surface area contributed by atoms with Crippen LogP contribution in [0.15, 0.2) is 18.2 Å². The Labute approximate surface area is 121 Å². The van der Waals surface area contributed by atoms with Gasteiger partial charge in [0.05, 0.1) is 11.6 Å². The Morgan fingerprint density at radius 3 is 2.55 bits per heavy atom. The van der Waals surface area contributed by atoms with E-state index in [2.05, 4.69) is 12.2 Å². The van der Waals surface area contributed by atoms with E-state index in [1.165, 1.54) is 44.2 Å². The van der Waals surface area contributed by atoms with E-state index in [4.69, 9.17) is 5.26 Å². The molecular formula is C17H23FN2. The number of nitriles is 1. The normalized spacial score (nSPS) is 22.4. The molecule has 2 rings (SSSR count). The third kappa shape index (κ3) is 4.31. The lowest BCUT2D eigenvalue weighted by molar-refractivity contribution is 0.262. The summed E-state index contributed by atoms with van der Waals surface area (Å²) in [5.41, 5.74) is 1.24. The zero-order valence-electron chi connectivity index (χ0n) is 12.2. The number of halogens is 1. The maximum absolute atomic E-state index is 13.3. The molecule has 0 bridgehead atoms. The molecule has 2 nitrogen and oxygen atoms in total. The van der Waals surface area contributed by atoms with Gasteiger partial charge in [-0.3, -0.25) is 0 Å². The standard InChI is InChI=1S/C17H23FN2/c1-2-13-3-5-14(6-4-13)11-20-12-16-7-15(10-19)8-17(18)9-16/h7-9,13-14,20H,2-6,11-12H2,1H3. The highest BCUT2D eigenvalue weighted by molar-refractivity contribution is 5.33. The molecule has 1 aromatic rings. The lowest BCUT2D eigenvalue weighted by Gasteiger charge is -2.27. The third-order valence-electron chi connectivity index (χ3n) is 4.39. The molecule has 1 saturated carbocycles. The number of benzene rings is 1. The molecule has 1 aliphatic rings. The summed E-state index contributed by atoms with van der Waals surface area (Å²) in [6.45, 7) is 3.91. The summed E-state index contributed by atoms with van der Waals surface area (Å²) < 4.78 is 13.3. The van der Waals surface area contributed by atoms with Crippen molar-refractivity contribution >= 4 is 0 Å². The number of rotatable bonds is 5. The first-order valence-corrected chi connectivity index (χ1v) is 7.61.